The molecule has 0 radical (unpaired) electrons. The van der Waals surface area contributed by atoms with E-state index in [4.69, 9.17) is 0 Å². The molecule has 0 spiro atoms. The highest BCUT2D eigenvalue weighted by molar-refractivity contribution is 7.12. The summed E-state index contributed by atoms with van der Waals surface area (Å²) in [4.78, 5) is 22.3. The smallest absolute Gasteiger partial charge is 0.228 e. The van der Waals surface area contributed by atoms with Crippen LogP contribution in [0.4, 0.5) is 5.69 Å². The van der Waals surface area contributed by atoms with E-state index in [1.165, 1.54) is 11.5 Å². The molecule has 1 aliphatic rings. The third kappa shape index (κ3) is 1.92. The molecule has 0 unspecified atom stereocenters. The van der Waals surface area contributed by atoms with Crippen molar-refractivity contribution < 1.29 is 14.7 Å². The van der Waals surface area contributed by atoms with Gasteiger partial charge in [0.15, 0.2) is 0 Å². The van der Waals surface area contributed by atoms with Crippen LogP contribution in [0.25, 0.3) is 10.2 Å². The van der Waals surface area contributed by atoms with Crippen molar-refractivity contribution in [2.75, 3.05) is 5.32 Å². The van der Waals surface area contributed by atoms with E-state index in [-0.39, 0.29) is 5.91 Å². The Balaban J connectivity index is 1.72. The predicted octanol–water partition coefficient (Wildman–Crippen LogP) is 0.0158. The van der Waals surface area contributed by atoms with Crippen molar-refractivity contribution in [1.29, 1.82) is 0 Å². The lowest BCUT2D eigenvalue weighted by Crippen LogP contribution is -2.27. The monoisotopic (exact) mass is 262 g/mol. The van der Waals surface area contributed by atoms with E-state index in [2.05, 4.69) is 14.9 Å². The third-order valence-electron chi connectivity index (χ3n) is 2.94. The zero-order valence-corrected chi connectivity index (χ0v) is 9.94. The fourth-order valence-corrected chi connectivity index (χ4v) is 2.38. The van der Waals surface area contributed by atoms with Gasteiger partial charge >= 0.3 is 0 Å². The molecule has 1 fully saturated rings. The van der Waals surface area contributed by atoms with Crippen LogP contribution in [0.2, 0.25) is 0 Å². The van der Waals surface area contributed by atoms with Crippen LogP contribution in [0.3, 0.4) is 0 Å². The van der Waals surface area contributed by atoms with E-state index in [0.717, 1.165) is 4.70 Å². The number of carbonyl (C=O) groups excluding carboxylic acids is 2. The molecule has 1 aromatic heterocycles. The van der Waals surface area contributed by atoms with Gasteiger partial charge in [-0.05, 0) is 36.2 Å². The van der Waals surface area contributed by atoms with Gasteiger partial charge in [-0.25, -0.2) is 0 Å². The zero-order valence-electron chi connectivity index (χ0n) is 9.12. The molecule has 1 N–H and O–H groups in total. The lowest BCUT2D eigenvalue weighted by atomic mass is 10.2. The van der Waals surface area contributed by atoms with Gasteiger partial charge in [-0.1, -0.05) is 4.49 Å². The maximum atomic E-state index is 11.7. The molecular formula is C11H8N3O3S-. The van der Waals surface area contributed by atoms with Crippen molar-refractivity contribution in [2.45, 2.75) is 6.42 Å². The topological polar surface area (TPSA) is 95.0 Å². The lowest BCUT2D eigenvalue weighted by Gasteiger charge is -2.04. The molecule has 7 heteroatoms. The Morgan fingerprint density at radius 3 is 2.94 bits per heavy atom. The molecule has 1 amide bonds. The number of carboxylic acid groups (broad SMARTS) is 1. The van der Waals surface area contributed by atoms with E-state index in [1.54, 1.807) is 12.1 Å². The van der Waals surface area contributed by atoms with Gasteiger partial charge in [0.2, 0.25) is 5.91 Å². The highest BCUT2D eigenvalue weighted by Crippen LogP contribution is 2.38. The molecule has 1 aromatic carbocycles. The normalized spacial score (nSPS) is 21.8. The fraction of sp³-hybridized carbons (Fsp3) is 0.273. The molecular weight excluding hydrogens is 254 g/mol. The van der Waals surface area contributed by atoms with Gasteiger partial charge in [-0.15, -0.1) is 5.10 Å². The Labute approximate surface area is 106 Å². The van der Waals surface area contributed by atoms with Crippen molar-refractivity contribution in [3.8, 4) is 0 Å². The molecule has 18 heavy (non-hydrogen) atoms. The summed E-state index contributed by atoms with van der Waals surface area (Å²) in [5, 5.41) is 17.1. The maximum Gasteiger partial charge on any atom is 0.228 e. The van der Waals surface area contributed by atoms with Crippen LogP contribution >= 0.6 is 11.5 Å². The summed E-state index contributed by atoms with van der Waals surface area (Å²) in [7, 11) is 0. The number of hydrogen-bond acceptors (Lipinski definition) is 6. The Kier molecular flexibility index (Phi) is 2.48. The second-order valence-electron chi connectivity index (χ2n) is 4.21. The summed E-state index contributed by atoms with van der Waals surface area (Å²) in [6.45, 7) is 0. The number of carbonyl (C=O) groups is 2. The van der Waals surface area contributed by atoms with Gasteiger partial charge in [0, 0.05) is 23.5 Å². The van der Waals surface area contributed by atoms with Crippen LogP contribution in [0, 0.1) is 11.8 Å². The second kappa shape index (κ2) is 4.02. The van der Waals surface area contributed by atoms with Gasteiger partial charge in [0.25, 0.3) is 0 Å². The number of benzene rings is 1. The maximum absolute atomic E-state index is 11.7. The second-order valence-corrected chi connectivity index (χ2v) is 5.00. The zero-order chi connectivity index (χ0) is 12.7. The summed E-state index contributed by atoms with van der Waals surface area (Å²) in [6.07, 6.45) is 0.356. The molecule has 1 heterocycles. The number of rotatable bonds is 3. The largest absolute Gasteiger partial charge is 0.550 e. The third-order valence-corrected chi connectivity index (χ3v) is 3.65. The van der Waals surface area contributed by atoms with Crippen molar-refractivity contribution in [2.24, 2.45) is 11.8 Å². The number of fused-ring (bicyclic) bond motifs is 1. The highest BCUT2D eigenvalue weighted by atomic mass is 32.1. The first-order chi connectivity index (χ1) is 8.65. The van der Waals surface area contributed by atoms with Gasteiger partial charge in [-0.3, -0.25) is 4.79 Å². The number of anilines is 1. The number of nitrogens with one attached hydrogen (secondary N) is 1. The highest BCUT2D eigenvalue weighted by Gasteiger charge is 2.43. The Hall–Kier alpha value is -2.02. The SMILES string of the molecule is O=C(Nc1ccc2snnc2c1)[C@H]1C[C@H]1C(=O)[O-]. The Morgan fingerprint density at radius 2 is 2.22 bits per heavy atom. The minimum atomic E-state index is -1.16. The quantitative estimate of drug-likeness (QED) is 0.841. The van der Waals surface area contributed by atoms with Crippen LogP contribution in [0.5, 0.6) is 0 Å². The van der Waals surface area contributed by atoms with Gasteiger partial charge in [0.1, 0.15) is 5.52 Å². The molecule has 3 rings (SSSR count). The average molecular weight is 262 g/mol. The van der Waals surface area contributed by atoms with E-state index in [9.17, 15) is 14.7 Å². The van der Waals surface area contributed by atoms with E-state index >= 15 is 0 Å². The summed E-state index contributed by atoms with van der Waals surface area (Å²) in [5.41, 5.74) is 1.31. The first kappa shape index (κ1) is 11.1. The standard InChI is InChI=1S/C11H9N3O3S/c15-10(6-4-7(6)11(16)17)12-5-1-2-9-8(3-5)13-14-18-9/h1-3,6-7H,4H2,(H,12,15)(H,16,17)/p-1/t6-,7+/m0/s1. The summed E-state index contributed by atoms with van der Waals surface area (Å²) in [5.74, 6) is -2.56. The van der Waals surface area contributed by atoms with E-state index in [1.807, 2.05) is 6.07 Å². The van der Waals surface area contributed by atoms with Crippen molar-refractivity contribution in [3.05, 3.63) is 18.2 Å². The van der Waals surface area contributed by atoms with E-state index < -0.39 is 17.8 Å². The van der Waals surface area contributed by atoms with Crippen molar-refractivity contribution >= 4 is 39.3 Å². The molecule has 92 valence electrons. The van der Waals surface area contributed by atoms with Crippen LogP contribution in [0.15, 0.2) is 18.2 Å². The molecule has 1 aliphatic carbocycles. The minimum absolute atomic E-state index is 0.285. The fourth-order valence-electron chi connectivity index (χ4n) is 1.84. The summed E-state index contributed by atoms with van der Waals surface area (Å²) < 4.78 is 4.73. The molecule has 2 atom stereocenters. The minimum Gasteiger partial charge on any atom is -0.550 e. The van der Waals surface area contributed by atoms with Crippen LogP contribution in [-0.2, 0) is 9.59 Å². The van der Waals surface area contributed by atoms with Gasteiger partial charge < -0.3 is 15.2 Å². The first-order valence-electron chi connectivity index (χ1n) is 5.39. The number of amides is 1. The molecule has 0 aliphatic heterocycles. The number of aliphatic carboxylic acids is 1. The number of hydrogen-bond donors (Lipinski definition) is 1. The Bertz CT molecular complexity index is 639. The van der Waals surface area contributed by atoms with Crippen LogP contribution < -0.4 is 10.4 Å². The summed E-state index contributed by atoms with van der Waals surface area (Å²) in [6, 6.07) is 5.28. The van der Waals surface area contributed by atoms with Crippen LogP contribution in [-0.4, -0.2) is 21.5 Å². The number of nitrogens with zero attached hydrogens (tertiary/aromatic N) is 2. The molecule has 0 saturated heterocycles. The molecule has 2 aromatic rings. The average Bonchev–Trinajstić information content (AvgIpc) is 3.02. The number of aromatic nitrogens is 2. The first-order valence-corrected chi connectivity index (χ1v) is 6.16. The van der Waals surface area contributed by atoms with E-state index in [0.29, 0.717) is 17.6 Å². The molecule has 6 nitrogen and oxygen atoms in total. The predicted molar refractivity (Wildman–Crippen MR) is 62.6 cm³/mol. The van der Waals surface area contributed by atoms with Gasteiger partial charge in [0.05, 0.1) is 4.70 Å². The Morgan fingerprint density at radius 1 is 1.39 bits per heavy atom. The summed E-state index contributed by atoms with van der Waals surface area (Å²) >= 11 is 1.28. The molecule has 1 saturated carbocycles. The number of carboxylic acids is 1. The van der Waals surface area contributed by atoms with Crippen molar-refractivity contribution in [1.82, 2.24) is 9.59 Å². The van der Waals surface area contributed by atoms with Crippen LogP contribution in [0.1, 0.15) is 6.42 Å². The lowest BCUT2D eigenvalue weighted by molar-refractivity contribution is -0.308. The molecule has 0 bridgehead atoms. The van der Waals surface area contributed by atoms with Gasteiger partial charge in [-0.2, -0.15) is 0 Å². The van der Waals surface area contributed by atoms with Crippen molar-refractivity contribution in [3.63, 3.8) is 0 Å².